The molecule has 0 bridgehead atoms. The van der Waals surface area contributed by atoms with Crippen molar-refractivity contribution in [3.05, 3.63) is 17.8 Å². The summed E-state index contributed by atoms with van der Waals surface area (Å²) in [7, 11) is 1.58. The van der Waals surface area contributed by atoms with Crippen molar-refractivity contribution in [3.63, 3.8) is 0 Å². The van der Waals surface area contributed by atoms with Crippen LogP contribution >= 0.6 is 22.7 Å². The molecule has 1 aliphatic rings. The molecule has 7 nitrogen and oxygen atoms in total. The highest BCUT2D eigenvalue weighted by Gasteiger charge is 2.21. The maximum absolute atomic E-state index is 12.3. The third kappa shape index (κ3) is 3.47. The number of ether oxygens (including phenoxy) is 1. The number of nitrogens with zero attached hydrogens (tertiary/aromatic N) is 4. The van der Waals surface area contributed by atoms with Crippen LogP contribution in [-0.4, -0.2) is 54.2 Å². The van der Waals surface area contributed by atoms with E-state index in [0.717, 1.165) is 31.2 Å². The lowest BCUT2D eigenvalue weighted by Gasteiger charge is -2.21. The molecular weight excluding hydrogens is 322 g/mol. The number of amides is 2. The molecule has 1 aliphatic heterocycles. The number of urea groups is 1. The van der Waals surface area contributed by atoms with Gasteiger partial charge in [-0.1, -0.05) is 11.3 Å². The van der Waals surface area contributed by atoms with Crippen molar-refractivity contribution in [1.29, 1.82) is 0 Å². The van der Waals surface area contributed by atoms with E-state index in [0.29, 0.717) is 16.7 Å². The Hall–Kier alpha value is -1.87. The largest absolute Gasteiger partial charge is 0.486 e. The third-order valence-corrected chi connectivity index (χ3v) is 5.08. The Morgan fingerprint density at radius 2 is 2.23 bits per heavy atom. The zero-order valence-electron chi connectivity index (χ0n) is 12.2. The van der Waals surface area contributed by atoms with Crippen LogP contribution in [0.3, 0.4) is 0 Å². The van der Waals surface area contributed by atoms with Crippen LogP contribution in [0.1, 0.15) is 6.42 Å². The second-order valence-corrected chi connectivity index (χ2v) is 6.63. The standard InChI is InChI=1S/C13H17N5O2S2/c1-20-10-9-15-11(22-10)16-12(19)17-4-2-5-18(7-6-17)13-14-3-8-21-13/h3,8-9H,2,4-7H2,1H3,(H,15,16,19). The second kappa shape index (κ2) is 6.93. The van der Waals surface area contributed by atoms with Crippen LogP contribution in [0.2, 0.25) is 0 Å². The van der Waals surface area contributed by atoms with Gasteiger partial charge in [0, 0.05) is 37.8 Å². The molecule has 22 heavy (non-hydrogen) atoms. The maximum Gasteiger partial charge on any atom is 0.323 e. The van der Waals surface area contributed by atoms with Gasteiger partial charge in [-0.3, -0.25) is 5.32 Å². The molecule has 1 saturated heterocycles. The summed E-state index contributed by atoms with van der Waals surface area (Å²) in [5.41, 5.74) is 0. The number of hydrogen-bond acceptors (Lipinski definition) is 7. The summed E-state index contributed by atoms with van der Waals surface area (Å²) >= 11 is 2.95. The van der Waals surface area contributed by atoms with Crippen molar-refractivity contribution in [2.75, 3.05) is 43.5 Å². The van der Waals surface area contributed by atoms with Crippen LogP contribution in [0, 0.1) is 0 Å². The van der Waals surface area contributed by atoms with E-state index >= 15 is 0 Å². The van der Waals surface area contributed by atoms with E-state index in [4.69, 9.17) is 4.74 Å². The first-order valence-corrected chi connectivity index (χ1v) is 8.66. The number of aromatic nitrogens is 2. The number of rotatable bonds is 3. The predicted octanol–water partition coefficient (Wildman–Crippen LogP) is 2.35. The highest BCUT2D eigenvalue weighted by Crippen LogP contribution is 2.25. The summed E-state index contributed by atoms with van der Waals surface area (Å²) < 4.78 is 5.08. The zero-order valence-corrected chi connectivity index (χ0v) is 13.8. The SMILES string of the molecule is COc1cnc(NC(=O)N2CCCN(c3nccs3)CC2)s1. The Morgan fingerprint density at radius 1 is 1.32 bits per heavy atom. The van der Waals surface area contributed by atoms with Gasteiger partial charge in [0.1, 0.15) is 0 Å². The van der Waals surface area contributed by atoms with Gasteiger partial charge in [0.25, 0.3) is 0 Å². The maximum atomic E-state index is 12.3. The minimum Gasteiger partial charge on any atom is -0.486 e. The van der Waals surface area contributed by atoms with Gasteiger partial charge in [0.2, 0.25) is 0 Å². The molecule has 3 heterocycles. The Kier molecular flexibility index (Phi) is 4.74. The normalized spacial score (nSPS) is 15.5. The fraction of sp³-hybridized carbons (Fsp3) is 0.462. The highest BCUT2D eigenvalue weighted by atomic mass is 32.1. The van der Waals surface area contributed by atoms with E-state index in [2.05, 4.69) is 20.2 Å². The van der Waals surface area contributed by atoms with Gasteiger partial charge in [0.15, 0.2) is 15.3 Å². The molecule has 0 unspecified atom stereocenters. The number of carbonyl (C=O) groups is 1. The number of hydrogen-bond donors (Lipinski definition) is 1. The zero-order chi connectivity index (χ0) is 15.4. The van der Waals surface area contributed by atoms with Crippen molar-refractivity contribution in [2.45, 2.75) is 6.42 Å². The lowest BCUT2D eigenvalue weighted by atomic mass is 10.4. The molecule has 3 rings (SSSR count). The smallest absolute Gasteiger partial charge is 0.323 e. The average Bonchev–Trinajstić information content (AvgIpc) is 3.15. The van der Waals surface area contributed by atoms with Crippen molar-refractivity contribution < 1.29 is 9.53 Å². The van der Waals surface area contributed by atoms with Gasteiger partial charge < -0.3 is 14.5 Å². The van der Waals surface area contributed by atoms with E-state index in [1.165, 1.54) is 11.3 Å². The van der Waals surface area contributed by atoms with Gasteiger partial charge in [-0.25, -0.2) is 14.8 Å². The second-order valence-electron chi connectivity index (χ2n) is 4.76. The molecule has 2 aromatic rings. The van der Waals surface area contributed by atoms with Crippen molar-refractivity contribution in [2.24, 2.45) is 0 Å². The van der Waals surface area contributed by atoms with Crippen LogP contribution in [0.4, 0.5) is 15.1 Å². The molecule has 9 heteroatoms. The summed E-state index contributed by atoms with van der Waals surface area (Å²) in [5.74, 6) is 0. The molecule has 1 fully saturated rings. The number of nitrogens with one attached hydrogen (secondary N) is 1. The van der Waals surface area contributed by atoms with Crippen LogP contribution in [0.25, 0.3) is 0 Å². The molecule has 118 valence electrons. The average molecular weight is 339 g/mol. The number of thiazole rings is 2. The first-order chi connectivity index (χ1) is 10.8. The van der Waals surface area contributed by atoms with E-state index < -0.39 is 0 Å². The van der Waals surface area contributed by atoms with E-state index in [9.17, 15) is 4.79 Å². The predicted molar refractivity (Wildman–Crippen MR) is 88.2 cm³/mol. The van der Waals surface area contributed by atoms with Gasteiger partial charge in [0.05, 0.1) is 13.3 Å². The van der Waals surface area contributed by atoms with Gasteiger partial charge in [-0.05, 0) is 6.42 Å². The Labute approximate surface area is 136 Å². The molecule has 0 atom stereocenters. The quantitative estimate of drug-likeness (QED) is 0.929. The van der Waals surface area contributed by atoms with Crippen molar-refractivity contribution in [1.82, 2.24) is 14.9 Å². The summed E-state index contributed by atoms with van der Waals surface area (Å²) in [5, 5.41) is 7.06. The molecule has 2 aromatic heterocycles. The first-order valence-electron chi connectivity index (χ1n) is 6.96. The molecule has 2 amide bonds. The lowest BCUT2D eigenvalue weighted by molar-refractivity contribution is 0.215. The summed E-state index contributed by atoms with van der Waals surface area (Å²) in [6, 6.07) is -0.113. The number of carbonyl (C=O) groups excluding carboxylic acids is 1. The molecule has 0 aliphatic carbocycles. The molecule has 0 spiro atoms. The van der Waals surface area contributed by atoms with Crippen LogP contribution in [0.5, 0.6) is 5.06 Å². The Bertz CT molecular complexity index is 616. The van der Waals surface area contributed by atoms with Gasteiger partial charge in [-0.2, -0.15) is 0 Å². The third-order valence-electron chi connectivity index (χ3n) is 3.37. The van der Waals surface area contributed by atoms with E-state index in [-0.39, 0.29) is 6.03 Å². The Balaban J connectivity index is 1.57. The van der Waals surface area contributed by atoms with Crippen LogP contribution < -0.4 is 15.0 Å². The fourth-order valence-corrected chi connectivity index (χ4v) is 3.59. The summed E-state index contributed by atoms with van der Waals surface area (Å²) in [4.78, 5) is 24.8. The van der Waals surface area contributed by atoms with Crippen molar-refractivity contribution >= 4 is 39.0 Å². The van der Waals surface area contributed by atoms with E-state index in [1.54, 1.807) is 24.6 Å². The van der Waals surface area contributed by atoms with Crippen LogP contribution in [-0.2, 0) is 0 Å². The number of methoxy groups -OCH3 is 1. The van der Waals surface area contributed by atoms with Crippen molar-refractivity contribution in [3.8, 4) is 5.06 Å². The minimum absolute atomic E-state index is 0.113. The molecular formula is C13H17N5O2S2. The highest BCUT2D eigenvalue weighted by molar-refractivity contribution is 7.17. The topological polar surface area (TPSA) is 70.6 Å². The Morgan fingerprint density at radius 3 is 2.95 bits per heavy atom. The first kappa shape index (κ1) is 15.0. The molecule has 1 N–H and O–H groups in total. The van der Waals surface area contributed by atoms with E-state index in [1.807, 2.05) is 16.5 Å². The number of anilines is 2. The lowest BCUT2D eigenvalue weighted by Crippen LogP contribution is -2.38. The molecule has 0 saturated carbocycles. The fourth-order valence-electron chi connectivity index (χ4n) is 2.27. The van der Waals surface area contributed by atoms with Crippen LogP contribution in [0.15, 0.2) is 17.8 Å². The summed E-state index contributed by atoms with van der Waals surface area (Å²) in [6.07, 6.45) is 4.34. The van der Waals surface area contributed by atoms with Gasteiger partial charge in [-0.15, -0.1) is 11.3 Å². The van der Waals surface area contributed by atoms with Gasteiger partial charge >= 0.3 is 6.03 Å². The molecule has 0 radical (unpaired) electrons. The summed E-state index contributed by atoms with van der Waals surface area (Å²) in [6.45, 7) is 3.12. The monoisotopic (exact) mass is 339 g/mol. The minimum atomic E-state index is -0.113. The molecule has 0 aromatic carbocycles.